The molecular formula is C20H24N4OS2. The van der Waals surface area contributed by atoms with Gasteiger partial charge in [-0.15, -0.1) is 5.10 Å². The molecule has 0 saturated carbocycles. The summed E-state index contributed by atoms with van der Waals surface area (Å²) in [4.78, 5) is 2.21. The summed E-state index contributed by atoms with van der Waals surface area (Å²) >= 11 is 6.96. The summed E-state index contributed by atoms with van der Waals surface area (Å²) in [6.07, 6.45) is 0. The van der Waals surface area contributed by atoms with E-state index in [1.165, 1.54) is 28.0 Å². The fourth-order valence-corrected chi connectivity index (χ4v) is 3.85. The maximum atomic E-state index is 5.49. The van der Waals surface area contributed by atoms with Crippen LogP contribution in [0.3, 0.4) is 0 Å². The van der Waals surface area contributed by atoms with Crippen LogP contribution in [-0.4, -0.2) is 28.8 Å². The summed E-state index contributed by atoms with van der Waals surface area (Å²) in [5, 5.41) is 8.70. The molecule has 0 unspecified atom stereocenters. The SMILES string of the molecule is COc1ccc(Nc2nn(CN(C)Cc3ccc(C)cc3C)c(=S)s2)cc1. The Morgan fingerprint density at radius 2 is 1.93 bits per heavy atom. The zero-order valence-corrected chi connectivity index (χ0v) is 17.7. The lowest BCUT2D eigenvalue weighted by atomic mass is 10.1. The van der Waals surface area contributed by atoms with Crippen LogP contribution in [0.1, 0.15) is 16.7 Å². The monoisotopic (exact) mass is 400 g/mol. The van der Waals surface area contributed by atoms with Gasteiger partial charge < -0.3 is 10.1 Å². The van der Waals surface area contributed by atoms with Crippen LogP contribution < -0.4 is 10.1 Å². The number of rotatable bonds is 7. The summed E-state index contributed by atoms with van der Waals surface area (Å²) in [5.41, 5.74) is 4.87. The number of nitrogens with zero attached hydrogens (tertiary/aromatic N) is 3. The Labute approximate surface area is 169 Å². The second kappa shape index (κ2) is 8.65. The fourth-order valence-electron chi connectivity index (χ4n) is 2.84. The van der Waals surface area contributed by atoms with Crippen molar-refractivity contribution in [2.75, 3.05) is 19.5 Å². The lowest BCUT2D eigenvalue weighted by Gasteiger charge is -2.18. The van der Waals surface area contributed by atoms with Crippen LogP contribution in [0.5, 0.6) is 5.75 Å². The van der Waals surface area contributed by atoms with E-state index in [4.69, 9.17) is 17.0 Å². The second-order valence-electron chi connectivity index (χ2n) is 6.61. The zero-order chi connectivity index (χ0) is 19.4. The van der Waals surface area contributed by atoms with Crippen LogP contribution in [0.2, 0.25) is 0 Å². The molecule has 3 aromatic rings. The van der Waals surface area contributed by atoms with E-state index in [2.05, 4.69) is 54.4 Å². The van der Waals surface area contributed by atoms with Gasteiger partial charge in [-0.2, -0.15) is 0 Å². The van der Waals surface area contributed by atoms with E-state index in [1.54, 1.807) is 7.11 Å². The largest absolute Gasteiger partial charge is 0.497 e. The third-order valence-electron chi connectivity index (χ3n) is 4.26. The van der Waals surface area contributed by atoms with Crippen LogP contribution in [0.25, 0.3) is 0 Å². The van der Waals surface area contributed by atoms with Crippen molar-refractivity contribution in [3.05, 3.63) is 63.1 Å². The predicted octanol–water partition coefficient (Wildman–Crippen LogP) is 5.13. The second-order valence-corrected chi connectivity index (χ2v) is 8.23. The standard InChI is InChI=1S/C20H24N4OS2/c1-14-5-6-16(15(2)11-14)12-23(3)13-24-20(26)27-19(22-24)21-17-7-9-18(25-4)10-8-17/h5-11H,12-13H2,1-4H3,(H,21,22). The van der Waals surface area contributed by atoms with Gasteiger partial charge in [0.15, 0.2) is 3.95 Å². The molecule has 3 rings (SSSR count). The molecule has 0 fully saturated rings. The Hall–Kier alpha value is -2.22. The van der Waals surface area contributed by atoms with Crippen molar-refractivity contribution in [2.45, 2.75) is 27.1 Å². The number of hydrogen-bond acceptors (Lipinski definition) is 6. The van der Waals surface area contributed by atoms with Gasteiger partial charge in [0.25, 0.3) is 0 Å². The first-order valence-electron chi connectivity index (χ1n) is 8.68. The van der Waals surface area contributed by atoms with Crippen molar-refractivity contribution in [3.8, 4) is 5.75 Å². The molecule has 0 aliphatic heterocycles. The number of methoxy groups -OCH3 is 1. The summed E-state index contributed by atoms with van der Waals surface area (Å²) < 4.78 is 7.79. The molecule has 0 bridgehead atoms. The maximum absolute atomic E-state index is 5.49. The van der Waals surface area contributed by atoms with Crippen molar-refractivity contribution in [1.29, 1.82) is 0 Å². The van der Waals surface area contributed by atoms with Gasteiger partial charge in [0, 0.05) is 12.2 Å². The van der Waals surface area contributed by atoms with Crippen LogP contribution in [0.15, 0.2) is 42.5 Å². The number of aromatic nitrogens is 2. The first-order valence-corrected chi connectivity index (χ1v) is 9.91. The lowest BCUT2D eigenvalue weighted by molar-refractivity contribution is 0.245. The molecule has 0 saturated heterocycles. The smallest absolute Gasteiger partial charge is 0.209 e. The summed E-state index contributed by atoms with van der Waals surface area (Å²) in [5.74, 6) is 0.826. The van der Waals surface area contributed by atoms with Gasteiger partial charge in [-0.05, 0) is 68.5 Å². The van der Waals surface area contributed by atoms with Gasteiger partial charge in [-0.25, -0.2) is 4.68 Å². The van der Waals surface area contributed by atoms with Crippen LogP contribution in [0, 0.1) is 17.8 Å². The fraction of sp³-hybridized carbons (Fsp3) is 0.300. The van der Waals surface area contributed by atoms with E-state index in [-0.39, 0.29) is 0 Å². The number of ether oxygens (including phenoxy) is 1. The van der Waals surface area contributed by atoms with Gasteiger partial charge in [0.05, 0.1) is 13.8 Å². The van der Waals surface area contributed by atoms with Crippen LogP contribution >= 0.6 is 23.6 Å². The number of anilines is 2. The van der Waals surface area contributed by atoms with Gasteiger partial charge in [0.2, 0.25) is 5.13 Å². The van der Waals surface area contributed by atoms with Gasteiger partial charge in [-0.1, -0.05) is 35.1 Å². The zero-order valence-electron chi connectivity index (χ0n) is 16.0. The Bertz CT molecular complexity index is 963. The highest BCUT2D eigenvalue weighted by molar-refractivity contribution is 7.73. The van der Waals surface area contributed by atoms with E-state index in [1.807, 2.05) is 28.9 Å². The lowest BCUT2D eigenvalue weighted by Crippen LogP contribution is -2.22. The van der Waals surface area contributed by atoms with Crippen molar-refractivity contribution in [1.82, 2.24) is 14.7 Å². The summed E-state index contributed by atoms with van der Waals surface area (Å²) in [6, 6.07) is 14.3. The molecule has 2 aromatic carbocycles. The first-order chi connectivity index (χ1) is 12.9. The minimum Gasteiger partial charge on any atom is -0.497 e. The molecule has 27 heavy (non-hydrogen) atoms. The number of benzene rings is 2. The van der Waals surface area contributed by atoms with Crippen molar-refractivity contribution < 1.29 is 4.74 Å². The molecule has 0 spiro atoms. The Kier molecular flexibility index (Phi) is 6.26. The van der Waals surface area contributed by atoms with E-state index >= 15 is 0 Å². The van der Waals surface area contributed by atoms with Gasteiger partial charge in [0.1, 0.15) is 5.75 Å². The molecule has 5 nitrogen and oxygen atoms in total. The Morgan fingerprint density at radius 1 is 1.19 bits per heavy atom. The molecule has 142 valence electrons. The van der Waals surface area contributed by atoms with Gasteiger partial charge in [-0.3, -0.25) is 4.90 Å². The Balaban J connectivity index is 1.65. The van der Waals surface area contributed by atoms with E-state index < -0.39 is 0 Å². The molecule has 0 aliphatic rings. The van der Waals surface area contributed by atoms with Crippen molar-refractivity contribution >= 4 is 34.4 Å². The first kappa shape index (κ1) is 19.5. The third kappa shape index (κ3) is 5.15. The normalized spacial score (nSPS) is 11.0. The molecule has 0 aliphatic carbocycles. The van der Waals surface area contributed by atoms with Crippen molar-refractivity contribution in [3.63, 3.8) is 0 Å². The van der Waals surface area contributed by atoms with E-state index in [0.717, 1.165) is 27.1 Å². The summed E-state index contributed by atoms with van der Waals surface area (Å²) in [6.45, 7) is 5.77. The number of hydrogen-bond donors (Lipinski definition) is 1. The predicted molar refractivity (Wildman–Crippen MR) is 115 cm³/mol. The number of aryl methyl sites for hydroxylation is 2. The molecule has 1 heterocycles. The third-order valence-corrected chi connectivity index (χ3v) is 5.48. The van der Waals surface area contributed by atoms with E-state index in [0.29, 0.717) is 6.67 Å². The molecule has 0 atom stereocenters. The molecule has 7 heteroatoms. The summed E-state index contributed by atoms with van der Waals surface area (Å²) in [7, 11) is 3.74. The minimum atomic E-state index is 0.646. The topological polar surface area (TPSA) is 42.3 Å². The molecule has 1 aromatic heterocycles. The van der Waals surface area contributed by atoms with E-state index in [9.17, 15) is 0 Å². The molecule has 1 N–H and O–H groups in total. The minimum absolute atomic E-state index is 0.646. The highest BCUT2D eigenvalue weighted by Gasteiger charge is 2.09. The molecule has 0 amide bonds. The van der Waals surface area contributed by atoms with Crippen molar-refractivity contribution in [2.24, 2.45) is 0 Å². The quantitative estimate of drug-likeness (QED) is 0.557. The van der Waals surface area contributed by atoms with Crippen LogP contribution in [-0.2, 0) is 13.2 Å². The Morgan fingerprint density at radius 3 is 2.59 bits per heavy atom. The average molecular weight is 401 g/mol. The maximum Gasteiger partial charge on any atom is 0.209 e. The molecule has 0 radical (unpaired) electrons. The highest BCUT2D eigenvalue weighted by atomic mass is 32.1. The highest BCUT2D eigenvalue weighted by Crippen LogP contribution is 2.22. The van der Waals surface area contributed by atoms with Gasteiger partial charge >= 0.3 is 0 Å². The number of nitrogens with one attached hydrogen (secondary N) is 1. The molecular weight excluding hydrogens is 376 g/mol. The average Bonchev–Trinajstić information content (AvgIpc) is 2.97. The van der Waals surface area contributed by atoms with Crippen LogP contribution in [0.4, 0.5) is 10.8 Å².